The maximum atomic E-state index is 11.6. The van der Waals surface area contributed by atoms with Crippen LogP contribution in [-0.4, -0.2) is 75.3 Å². The number of hydrogen-bond acceptors (Lipinski definition) is 8. The number of urea groups is 1. The normalized spacial score (nSPS) is 33.1. The zero-order valence-corrected chi connectivity index (χ0v) is 13.8. The first kappa shape index (κ1) is 18.0. The van der Waals surface area contributed by atoms with E-state index in [1.165, 1.54) is 14.2 Å². The third-order valence-electron chi connectivity index (χ3n) is 3.84. The molecule has 0 radical (unpaired) electrons. The summed E-state index contributed by atoms with van der Waals surface area (Å²) in [5.74, 6) is -0.744. The summed E-state index contributed by atoms with van der Waals surface area (Å²) in [6, 6.07) is -0.636. The molecular weight excluding hydrogens is 310 g/mol. The van der Waals surface area contributed by atoms with Gasteiger partial charge in [0.15, 0.2) is 12.1 Å². The van der Waals surface area contributed by atoms with Gasteiger partial charge in [-0.1, -0.05) is 0 Å². The van der Waals surface area contributed by atoms with Gasteiger partial charge in [-0.15, -0.1) is 4.91 Å². The minimum atomic E-state index is -0.744. The number of hydrogen-bond donors (Lipinski definition) is 1. The zero-order chi connectivity index (χ0) is 17.2. The molecule has 23 heavy (non-hydrogen) atoms. The van der Waals surface area contributed by atoms with Crippen LogP contribution in [0.4, 0.5) is 4.79 Å². The van der Waals surface area contributed by atoms with Gasteiger partial charge in [-0.25, -0.2) is 4.79 Å². The number of methoxy groups -OCH3 is 2. The fourth-order valence-electron chi connectivity index (χ4n) is 2.74. The Hall–Kier alpha value is -1.33. The molecule has 0 aromatic rings. The van der Waals surface area contributed by atoms with Gasteiger partial charge in [0.05, 0.1) is 5.29 Å². The number of rotatable bonds is 6. The molecule has 10 nitrogen and oxygen atoms in total. The maximum absolute atomic E-state index is 11.6. The summed E-state index contributed by atoms with van der Waals surface area (Å²) in [7, 11) is 4.30. The van der Waals surface area contributed by atoms with Crippen LogP contribution in [0.3, 0.4) is 0 Å². The van der Waals surface area contributed by atoms with Crippen molar-refractivity contribution in [3.63, 3.8) is 0 Å². The molecule has 0 aliphatic carbocycles. The highest BCUT2D eigenvalue weighted by atomic mass is 16.8. The van der Waals surface area contributed by atoms with Crippen molar-refractivity contribution in [1.82, 2.24) is 10.3 Å². The van der Waals surface area contributed by atoms with Gasteiger partial charge < -0.3 is 29.0 Å². The molecular formula is C13H23N3O7. The van der Waals surface area contributed by atoms with E-state index in [9.17, 15) is 9.70 Å². The van der Waals surface area contributed by atoms with Crippen LogP contribution in [-0.2, 0) is 23.7 Å². The van der Waals surface area contributed by atoms with Crippen molar-refractivity contribution >= 4 is 6.03 Å². The van der Waals surface area contributed by atoms with E-state index < -0.39 is 36.4 Å². The zero-order valence-electron chi connectivity index (χ0n) is 13.8. The van der Waals surface area contributed by atoms with Gasteiger partial charge in [0.25, 0.3) is 0 Å². The van der Waals surface area contributed by atoms with Crippen molar-refractivity contribution in [2.24, 2.45) is 5.29 Å². The second-order valence-electron chi connectivity index (χ2n) is 5.84. The first-order chi connectivity index (χ1) is 10.8. The van der Waals surface area contributed by atoms with E-state index in [1.807, 2.05) is 0 Å². The molecule has 0 unspecified atom stereocenters. The predicted octanol–water partition coefficient (Wildman–Crippen LogP) is 0.216. The van der Waals surface area contributed by atoms with Crippen LogP contribution in [0, 0.1) is 4.91 Å². The molecule has 2 aliphatic heterocycles. The summed E-state index contributed by atoms with van der Waals surface area (Å²) >= 11 is 0. The summed E-state index contributed by atoms with van der Waals surface area (Å²) < 4.78 is 28.2. The molecule has 0 bridgehead atoms. The molecule has 2 rings (SSSR count). The lowest BCUT2D eigenvalue weighted by Gasteiger charge is -2.29. The molecule has 0 spiro atoms. The molecule has 2 saturated heterocycles. The SMILES string of the molecule is CO[C@@H]1[C@H]2OC(C)(C)O[C@H]2O[C@@H]1[C@@H](CNC(=O)N(C)N=O)OC. The van der Waals surface area contributed by atoms with Gasteiger partial charge in [0, 0.05) is 27.8 Å². The Balaban J connectivity index is 1.99. The van der Waals surface area contributed by atoms with Gasteiger partial charge in [0.2, 0.25) is 0 Å². The lowest BCUT2D eigenvalue weighted by atomic mass is 10.1. The van der Waals surface area contributed by atoms with E-state index in [0.717, 1.165) is 0 Å². The van der Waals surface area contributed by atoms with Crippen LogP contribution in [0.1, 0.15) is 13.8 Å². The summed E-state index contributed by atoms with van der Waals surface area (Å²) in [4.78, 5) is 21.9. The van der Waals surface area contributed by atoms with Gasteiger partial charge in [-0.05, 0) is 13.8 Å². The van der Waals surface area contributed by atoms with Crippen molar-refractivity contribution in [2.75, 3.05) is 27.8 Å². The molecule has 10 heteroatoms. The van der Waals surface area contributed by atoms with E-state index in [0.29, 0.717) is 5.01 Å². The minimum absolute atomic E-state index is 0.114. The Kier molecular flexibility index (Phi) is 5.53. The predicted molar refractivity (Wildman–Crippen MR) is 77.2 cm³/mol. The van der Waals surface area contributed by atoms with Gasteiger partial charge >= 0.3 is 6.03 Å². The first-order valence-corrected chi connectivity index (χ1v) is 7.24. The molecule has 2 aliphatic rings. The Labute approximate surface area is 134 Å². The Morgan fingerprint density at radius 1 is 1.39 bits per heavy atom. The molecule has 1 N–H and O–H groups in total. The van der Waals surface area contributed by atoms with Gasteiger partial charge in [-0.2, -0.15) is 5.01 Å². The molecule has 2 fully saturated rings. The molecule has 2 amide bonds. The van der Waals surface area contributed by atoms with Gasteiger partial charge in [0.1, 0.15) is 24.4 Å². The highest BCUT2D eigenvalue weighted by Gasteiger charge is 2.57. The monoisotopic (exact) mass is 333 g/mol. The smallest absolute Gasteiger partial charge is 0.340 e. The van der Waals surface area contributed by atoms with Crippen molar-refractivity contribution in [1.29, 1.82) is 0 Å². The van der Waals surface area contributed by atoms with E-state index in [2.05, 4.69) is 10.6 Å². The maximum Gasteiger partial charge on any atom is 0.340 e. The summed E-state index contributed by atoms with van der Waals surface area (Å²) in [6.07, 6.45) is -2.36. The fraction of sp³-hybridized carbons (Fsp3) is 0.923. The van der Waals surface area contributed by atoms with Crippen molar-refractivity contribution in [2.45, 2.75) is 50.3 Å². The quantitative estimate of drug-likeness (QED) is 0.547. The standard InChI is InChI=1S/C13H23N3O7/c1-13(2)22-10-9(20-5)8(21-11(10)23-13)7(19-4)6-14-12(17)16(3)15-18/h7-11H,6H2,1-5H3,(H,14,17)/t7-,8-,9+,10-,11-/m1/s1. The molecule has 0 saturated carbocycles. The molecule has 132 valence electrons. The van der Waals surface area contributed by atoms with Gasteiger partial charge in [-0.3, -0.25) is 0 Å². The van der Waals surface area contributed by atoms with Crippen LogP contribution >= 0.6 is 0 Å². The molecule has 5 atom stereocenters. The third-order valence-corrected chi connectivity index (χ3v) is 3.84. The van der Waals surface area contributed by atoms with E-state index >= 15 is 0 Å². The van der Waals surface area contributed by atoms with Crippen molar-refractivity contribution < 1.29 is 28.5 Å². The Bertz CT molecular complexity index is 447. The van der Waals surface area contributed by atoms with Crippen molar-refractivity contribution in [3.8, 4) is 0 Å². The fourth-order valence-corrected chi connectivity index (χ4v) is 2.74. The lowest BCUT2D eigenvalue weighted by molar-refractivity contribution is -0.228. The number of fused-ring (bicyclic) bond motifs is 1. The molecule has 2 heterocycles. The van der Waals surface area contributed by atoms with Crippen LogP contribution in [0.5, 0.6) is 0 Å². The second kappa shape index (κ2) is 7.05. The minimum Gasteiger partial charge on any atom is -0.377 e. The van der Waals surface area contributed by atoms with Crippen LogP contribution in [0.2, 0.25) is 0 Å². The number of carbonyl (C=O) groups excluding carboxylic acids is 1. The van der Waals surface area contributed by atoms with Crippen LogP contribution < -0.4 is 5.32 Å². The molecule has 0 aromatic heterocycles. The van der Waals surface area contributed by atoms with E-state index in [-0.39, 0.29) is 12.6 Å². The van der Waals surface area contributed by atoms with E-state index in [1.54, 1.807) is 21.0 Å². The largest absolute Gasteiger partial charge is 0.377 e. The number of nitrogens with one attached hydrogen (secondary N) is 1. The second-order valence-corrected chi connectivity index (χ2v) is 5.84. The highest BCUT2D eigenvalue weighted by molar-refractivity contribution is 5.73. The summed E-state index contributed by atoms with van der Waals surface area (Å²) in [5.41, 5.74) is 0. The number of ether oxygens (including phenoxy) is 5. The van der Waals surface area contributed by atoms with E-state index in [4.69, 9.17) is 23.7 Å². The van der Waals surface area contributed by atoms with Crippen LogP contribution in [0.25, 0.3) is 0 Å². The summed E-state index contributed by atoms with van der Waals surface area (Å²) in [5, 5.41) is 5.71. The average Bonchev–Trinajstić information content (AvgIpc) is 2.98. The van der Waals surface area contributed by atoms with Crippen LogP contribution in [0.15, 0.2) is 5.29 Å². The third kappa shape index (κ3) is 3.78. The molecule has 0 aromatic carbocycles. The Morgan fingerprint density at radius 3 is 2.65 bits per heavy atom. The topological polar surface area (TPSA) is 108 Å². The number of nitrogens with zero attached hydrogens (tertiary/aromatic N) is 2. The number of amides is 2. The summed E-state index contributed by atoms with van der Waals surface area (Å²) in [6.45, 7) is 3.71. The van der Waals surface area contributed by atoms with Crippen molar-refractivity contribution in [3.05, 3.63) is 4.91 Å². The first-order valence-electron chi connectivity index (χ1n) is 7.24. The lowest BCUT2D eigenvalue weighted by Crippen LogP contribution is -2.48. The number of carbonyl (C=O) groups is 1. The average molecular weight is 333 g/mol. The Morgan fingerprint density at radius 2 is 2.09 bits per heavy atom. The highest BCUT2D eigenvalue weighted by Crippen LogP contribution is 2.39. The number of nitroso groups, excluding NO2 is 1.